The highest BCUT2D eigenvalue weighted by atomic mass is 32.1. The highest BCUT2D eigenvalue weighted by Crippen LogP contribution is 2.22. The largest absolute Gasteiger partial charge is 0.292 e. The lowest BCUT2D eigenvalue weighted by atomic mass is 10.0. The molecule has 0 bridgehead atoms. The zero-order valence-corrected chi connectivity index (χ0v) is 15.8. The molecule has 25 heavy (non-hydrogen) atoms. The Labute approximate surface area is 151 Å². The van der Waals surface area contributed by atoms with Crippen LogP contribution < -0.4 is 5.56 Å². The molecule has 3 aromatic rings. The van der Waals surface area contributed by atoms with Gasteiger partial charge in [-0.05, 0) is 30.9 Å². The minimum absolute atomic E-state index is 0.0198. The number of Topliss-reactive ketones (excluding diaryl/α,β-unsaturated/α-hetero) is 1. The molecule has 0 aliphatic heterocycles. The Balaban J connectivity index is 1.94. The van der Waals surface area contributed by atoms with Crippen LogP contribution in [0.5, 0.6) is 0 Å². The van der Waals surface area contributed by atoms with Gasteiger partial charge in [0.25, 0.3) is 5.56 Å². The van der Waals surface area contributed by atoms with Crippen molar-refractivity contribution in [1.29, 1.82) is 0 Å². The third-order valence-corrected chi connectivity index (χ3v) is 5.62. The molecular weight excluding hydrogens is 332 g/mol. The van der Waals surface area contributed by atoms with Crippen molar-refractivity contribution >= 4 is 27.3 Å². The Hall–Kier alpha value is -2.27. The summed E-state index contributed by atoms with van der Waals surface area (Å²) in [6.45, 7) is 8.09. The number of carbonyl (C=O) groups excluding carboxylic acids is 1. The van der Waals surface area contributed by atoms with E-state index in [4.69, 9.17) is 0 Å². The van der Waals surface area contributed by atoms with Crippen molar-refractivity contribution in [2.75, 3.05) is 0 Å². The van der Waals surface area contributed by atoms with Crippen LogP contribution in [0.3, 0.4) is 0 Å². The van der Waals surface area contributed by atoms with E-state index in [1.165, 1.54) is 10.1 Å². The van der Waals surface area contributed by atoms with Crippen molar-refractivity contribution in [2.45, 2.75) is 46.6 Å². The number of aromatic nitrogens is 2. The van der Waals surface area contributed by atoms with Crippen molar-refractivity contribution in [1.82, 2.24) is 9.55 Å². The van der Waals surface area contributed by atoms with E-state index in [0.29, 0.717) is 22.7 Å². The highest BCUT2D eigenvalue weighted by molar-refractivity contribution is 7.18. The zero-order valence-electron chi connectivity index (χ0n) is 15.0. The number of benzene rings is 1. The average molecular weight is 354 g/mol. The van der Waals surface area contributed by atoms with Gasteiger partial charge in [-0.2, -0.15) is 0 Å². The Morgan fingerprint density at radius 2 is 1.92 bits per heavy atom. The van der Waals surface area contributed by atoms with Gasteiger partial charge in [0.05, 0.1) is 11.9 Å². The number of nitrogens with zero attached hydrogens (tertiary/aromatic N) is 2. The number of aryl methyl sites for hydroxylation is 2. The fraction of sp³-hybridized carbons (Fsp3) is 0.350. The number of rotatable bonds is 5. The number of hydrogen-bond acceptors (Lipinski definition) is 4. The highest BCUT2D eigenvalue weighted by Gasteiger charge is 2.15. The lowest BCUT2D eigenvalue weighted by molar-refractivity contribution is 0.0969. The molecule has 2 heterocycles. The molecule has 3 rings (SSSR count). The van der Waals surface area contributed by atoms with E-state index in [1.54, 1.807) is 18.3 Å². The minimum atomic E-state index is -0.134. The molecule has 4 nitrogen and oxygen atoms in total. The van der Waals surface area contributed by atoms with E-state index in [2.05, 4.69) is 25.8 Å². The van der Waals surface area contributed by atoms with E-state index >= 15 is 0 Å². The maximum absolute atomic E-state index is 12.8. The number of carbonyl (C=O) groups is 1. The summed E-state index contributed by atoms with van der Waals surface area (Å²) < 4.78 is 1.48. The van der Waals surface area contributed by atoms with Crippen LogP contribution in [0.25, 0.3) is 10.2 Å². The molecule has 1 aromatic carbocycles. The molecule has 0 saturated carbocycles. The predicted octanol–water partition coefficient (Wildman–Crippen LogP) is 4.34. The second-order valence-corrected chi connectivity index (χ2v) is 7.65. The van der Waals surface area contributed by atoms with E-state index in [-0.39, 0.29) is 17.9 Å². The van der Waals surface area contributed by atoms with Crippen LogP contribution in [0.15, 0.2) is 35.1 Å². The molecule has 2 aromatic heterocycles. The van der Waals surface area contributed by atoms with Crippen molar-refractivity contribution in [3.63, 3.8) is 0 Å². The van der Waals surface area contributed by atoms with Gasteiger partial charge in [-0.3, -0.25) is 14.2 Å². The van der Waals surface area contributed by atoms with Gasteiger partial charge in [0.15, 0.2) is 5.78 Å². The smallest absolute Gasteiger partial charge is 0.262 e. The molecule has 0 atom stereocenters. The van der Waals surface area contributed by atoms with E-state index in [9.17, 15) is 9.59 Å². The Bertz CT molecular complexity index is 981. The fourth-order valence-electron chi connectivity index (χ4n) is 2.82. The fourth-order valence-corrected chi connectivity index (χ4v) is 3.82. The number of thiophene rings is 1. The summed E-state index contributed by atoms with van der Waals surface area (Å²) in [6, 6.07) is 9.52. The van der Waals surface area contributed by atoms with Crippen LogP contribution in [0.1, 0.15) is 53.3 Å². The van der Waals surface area contributed by atoms with Gasteiger partial charge >= 0.3 is 0 Å². The Kier molecular flexibility index (Phi) is 4.86. The quantitative estimate of drug-likeness (QED) is 0.641. The average Bonchev–Trinajstić information content (AvgIpc) is 3.01. The minimum Gasteiger partial charge on any atom is -0.292 e. The number of hydrogen-bond donors (Lipinski definition) is 0. The number of fused-ring (bicyclic) bond motifs is 1. The molecule has 5 heteroatoms. The molecule has 0 saturated heterocycles. The summed E-state index contributed by atoms with van der Waals surface area (Å²) in [4.78, 5) is 31.8. The van der Waals surface area contributed by atoms with Gasteiger partial charge in [-0.1, -0.05) is 45.0 Å². The first-order valence-electron chi connectivity index (χ1n) is 8.53. The Morgan fingerprint density at radius 1 is 1.24 bits per heavy atom. The van der Waals surface area contributed by atoms with Crippen molar-refractivity contribution in [3.05, 3.63) is 62.5 Å². The van der Waals surface area contributed by atoms with Crippen molar-refractivity contribution < 1.29 is 4.79 Å². The monoisotopic (exact) mass is 354 g/mol. The van der Waals surface area contributed by atoms with E-state index < -0.39 is 0 Å². The third-order valence-electron chi connectivity index (χ3n) is 4.44. The third kappa shape index (κ3) is 3.42. The maximum Gasteiger partial charge on any atom is 0.262 e. The lowest BCUT2D eigenvalue weighted by Crippen LogP contribution is -2.27. The first-order chi connectivity index (χ1) is 11.9. The molecule has 0 spiro atoms. The van der Waals surface area contributed by atoms with Gasteiger partial charge in [0.2, 0.25) is 0 Å². The normalized spacial score (nSPS) is 11.4. The van der Waals surface area contributed by atoms with E-state index in [0.717, 1.165) is 16.1 Å². The molecule has 0 aliphatic rings. The summed E-state index contributed by atoms with van der Waals surface area (Å²) in [7, 11) is 0. The summed E-state index contributed by atoms with van der Waals surface area (Å²) in [6.07, 6.45) is 0.876. The van der Waals surface area contributed by atoms with Crippen molar-refractivity contribution in [3.8, 4) is 0 Å². The summed E-state index contributed by atoms with van der Waals surface area (Å²) in [5.41, 5.74) is 1.68. The molecule has 130 valence electrons. The lowest BCUT2D eigenvalue weighted by Gasteiger charge is -2.10. The van der Waals surface area contributed by atoms with E-state index in [1.807, 2.05) is 30.3 Å². The maximum atomic E-state index is 12.8. The summed E-state index contributed by atoms with van der Waals surface area (Å²) in [5, 5.41) is 0.607. The molecule has 0 N–H and O–H groups in total. The van der Waals surface area contributed by atoms with Crippen LogP contribution in [-0.4, -0.2) is 15.3 Å². The number of ketones is 1. The van der Waals surface area contributed by atoms with Crippen LogP contribution in [0, 0.1) is 6.92 Å². The van der Waals surface area contributed by atoms with Crippen LogP contribution in [0.4, 0.5) is 0 Å². The van der Waals surface area contributed by atoms with Gasteiger partial charge < -0.3 is 0 Å². The summed E-state index contributed by atoms with van der Waals surface area (Å²) >= 11 is 1.54. The van der Waals surface area contributed by atoms with Gasteiger partial charge in [0, 0.05) is 10.4 Å². The first-order valence-corrected chi connectivity index (χ1v) is 9.35. The molecule has 0 unspecified atom stereocenters. The SMILES string of the molecule is CCc1cc2c(=O)n(CC(=O)c3ccc(C(C)C)cc3)c(C)nc2s1. The van der Waals surface area contributed by atoms with Crippen LogP contribution >= 0.6 is 11.3 Å². The van der Waals surface area contributed by atoms with Gasteiger partial charge in [-0.15, -0.1) is 11.3 Å². The Morgan fingerprint density at radius 3 is 2.52 bits per heavy atom. The first kappa shape index (κ1) is 17.5. The van der Waals surface area contributed by atoms with Gasteiger partial charge in [-0.25, -0.2) is 4.98 Å². The second kappa shape index (κ2) is 6.92. The molecule has 0 fully saturated rings. The summed E-state index contributed by atoms with van der Waals surface area (Å²) in [5.74, 6) is 0.925. The topological polar surface area (TPSA) is 52.0 Å². The van der Waals surface area contributed by atoms with Crippen molar-refractivity contribution in [2.24, 2.45) is 0 Å². The molecule has 0 radical (unpaired) electrons. The standard InChI is InChI=1S/C20H22N2O2S/c1-5-16-10-17-19(25-16)21-13(4)22(20(17)24)11-18(23)15-8-6-14(7-9-15)12(2)3/h6-10,12H,5,11H2,1-4H3. The molecular formula is C20H22N2O2S. The van der Waals surface area contributed by atoms with Crippen LogP contribution in [0.2, 0.25) is 0 Å². The second-order valence-electron chi connectivity index (χ2n) is 6.54. The predicted molar refractivity (Wildman–Crippen MR) is 103 cm³/mol. The molecule has 0 aliphatic carbocycles. The zero-order chi connectivity index (χ0) is 18.1. The van der Waals surface area contributed by atoms with Crippen LogP contribution in [-0.2, 0) is 13.0 Å². The van der Waals surface area contributed by atoms with Gasteiger partial charge in [0.1, 0.15) is 10.7 Å². The molecule has 0 amide bonds.